The maximum atomic E-state index is 5.48. The fourth-order valence-corrected chi connectivity index (χ4v) is 3.22. The summed E-state index contributed by atoms with van der Waals surface area (Å²) >= 11 is 0. The molecule has 0 N–H and O–H groups in total. The number of nitrogens with zero attached hydrogens (tertiary/aromatic N) is 1. The molecule has 0 aromatic heterocycles. The minimum atomic E-state index is 0.519. The molecule has 13 heteroatoms. The lowest BCUT2D eigenvalue weighted by Crippen LogP contribution is -2.19. The van der Waals surface area contributed by atoms with E-state index in [-0.39, 0.29) is 0 Å². The van der Waals surface area contributed by atoms with Crippen LogP contribution < -0.4 is 0 Å². The summed E-state index contributed by atoms with van der Waals surface area (Å²) in [7, 11) is 4.04. The van der Waals surface area contributed by atoms with Crippen molar-refractivity contribution in [3.63, 3.8) is 0 Å². The van der Waals surface area contributed by atoms with E-state index < -0.39 is 0 Å². The molecule has 0 aromatic carbocycles. The zero-order valence-electron chi connectivity index (χ0n) is 28.1. The molecule has 0 unspecified atom stereocenters. The average Bonchev–Trinajstić information content (AvgIpc) is 3.02. The van der Waals surface area contributed by atoms with Gasteiger partial charge >= 0.3 is 0 Å². The van der Waals surface area contributed by atoms with Gasteiger partial charge in [0.2, 0.25) is 0 Å². The number of rotatable bonds is 40. The Labute approximate surface area is 267 Å². The van der Waals surface area contributed by atoms with Gasteiger partial charge in [-0.15, -0.1) is 0 Å². The molecule has 0 aromatic rings. The number of ether oxygens (including phenoxy) is 12. The first-order valence-corrected chi connectivity index (χ1v) is 16.3. The summed E-state index contributed by atoms with van der Waals surface area (Å²) in [6.45, 7) is 16.7. The van der Waals surface area contributed by atoms with Crippen molar-refractivity contribution < 1.29 is 56.8 Å². The monoisotopic (exact) mass is 643 g/mol. The normalized spacial score (nSPS) is 11.7. The van der Waals surface area contributed by atoms with Crippen LogP contribution in [0.1, 0.15) is 26.2 Å². The molecule has 0 saturated carbocycles. The highest BCUT2D eigenvalue weighted by atomic mass is 16.6. The lowest BCUT2D eigenvalue weighted by atomic mass is 10.3. The molecule has 0 bridgehead atoms. The minimum Gasteiger partial charge on any atom is -0.379 e. The van der Waals surface area contributed by atoms with Crippen LogP contribution in [0.5, 0.6) is 0 Å². The summed E-state index contributed by atoms with van der Waals surface area (Å²) in [5.41, 5.74) is 0. The number of unbranched alkanes of at least 4 members (excludes halogenated alkanes) is 2. The van der Waals surface area contributed by atoms with Crippen molar-refractivity contribution in [2.75, 3.05) is 179 Å². The number of hydrogen-bond donors (Lipinski definition) is 0. The van der Waals surface area contributed by atoms with Crippen LogP contribution >= 0.6 is 0 Å². The van der Waals surface area contributed by atoms with Crippen LogP contribution in [0.15, 0.2) is 0 Å². The predicted octanol–water partition coefficient (Wildman–Crippen LogP) is 1.94. The van der Waals surface area contributed by atoms with Gasteiger partial charge in [0.1, 0.15) is 0 Å². The van der Waals surface area contributed by atoms with E-state index in [0.717, 1.165) is 26.2 Å². The molecule has 266 valence electrons. The third-order valence-electron chi connectivity index (χ3n) is 5.67. The van der Waals surface area contributed by atoms with Gasteiger partial charge in [0.15, 0.2) is 0 Å². The molecule has 0 radical (unpaired) electrons. The minimum absolute atomic E-state index is 0.519. The Kier molecular flexibility index (Phi) is 40.0. The van der Waals surface area contributed by atoms with Crippen LogP contribution in [-0.2, 0) is 56.8 Å². The maximum absolute atomic E-state index is 5.48. The van der Waals surface area contributed by atoms with Crippen molar-refractivity contribution in [3.8, 4) is 0 Å². The number of hydrogen-bond acceptors (Lipinski definition) is 13. The van der Waals surface area contributed by atoms with E-state index in [1.165, 1.54) is 12.8 Å². The molecule has 13 nitrogen and oxygen atoms in total. The lowest BCUT2D eigenvalue weighted by molar-refractivity contribution is -0.0284. The molecule has 0 fully saturated rings. The van der Waals surface area contributed by atoms with Crippen molar-refractivity contribution in [1.29, 1.82) is 0 Å². The quantitative estimate of drug-likeness (QED) is 0.0908. The van der Waals surface area contributed by atoms with Crippen LogP contribution in [0, 0.1) is 0 Å². The van der Waals surface area contributed by atoms with Gasteiger partial charge in [-0.1, -0.05) is 19.8 Å². The smallest absolute Gasteiger partial charge is 0.0701 e. The second-order valence-electron chi connectivity index (χ2n) is 9.86. The van der Waals surface area contributed by atoms with E-state index >= 15 is 0 Å². The second kappa shape index (κ2) is 40.5. The fraction of sp³-hybridized carbons (Fsp3) is 1.00. The highest BCUT2D eigenvalue weighted by molar-refractivity contribution is 4.41. The zero-order valence-corrected chi connectivity index (χ0v) is 28.1. The molecule has 44 heavy (non-hydrogen) atoms. The van der Waals surface area contributed by atoms with Crippen molar-refractivity contribution in [2.24, 2.45) is 0 Å². The first-order valence-electron chi connectivity index (χ1n) is 16.3. The summed E-state index contributed by atoms with van der Waals surface area (Å²) in [6.07, 6.45) is 3.55. The Morgan fingerprint density at radius 2 is 0.477 bits per heavy atom. The maximum Gasteiger partial charge on any atom is 0.0701 e. The van der Waals surface area contributed by atoms with Gasteiger partial charge in [-0.05, 0) is 20.5 Å². The Morgan fingerprint density at radius 1 is 0.273 bits per heavy atom. The molecule has 0 aliphatic carbocycles. The highest BCUT2D eigenvalue weighted by Crippen LogP contribution is 1.94. The van der Waals surface area contributed by atoms with Gasteiger partial charge < -0.3 is 61.7 Å². The summed E-state index contributed by atoms with van der Waals surface area (Å²) in [6, 6.07) is 0. The van der Waals surface area contributed by atoms with E-state index in [1.54, 1.807) is 0 Å². The average molecular weight is 644 g/mol. The van der Waals surface area contributed by atoms with Gasteiger partial charge in [0, 0.05) is 13.2 Å². The van der Waals surface area contributed by atoms with Crippen LogP contribution in [0.3, 0.4) is 0 Å². The fourth-order valence-electron chi connectivity index (χ4n) is 3.22. The predicted molar refractivity (Wildman–Crippen MR) is 168 cm³/mol. The van der Waals surface area contributed by atoms with Crippen LogP contribution in [0.2, 0.25) is 0 Å². The van der Waals surface area contributed by atoms with E-state index in [4.69, 9.17) is 56.8 Å². The topological polar surface area (TPSA) is 114 Å². The largest absolute Gasteiger partial charge is 0.379 e. The molecular formula is C31H65NO12. The SMILES string of the molecule is CCCCCOCCOCCOCCOCCOCCOCCOCCOCCOCCOCCOCCOCCN(C)C. The van der Waals surface area contributed by atoms with Crippen molar-refractivity contribution in [2.45, 2.75) is 26.2 Å². The van der Waals surface area contributed by atoms with Gasteiger partial charge in [-0.3, -0.25) is 0 Å². The zero-order chi connectivity index (χ0) is 31.9. The Morgan fingerprint density at radius 3 is 0.682 bits per heavy atom. The van der Waals surface area contributed by atoms with Gasteiger partial charge in [0.25, 0.3) is 0 Å². The third-order valence-corrected chi connectivity index (χ3v) is 5.67. The van der Waals surface area contributed by atoms with Crippen LogP contribution in [-0.4, -0.2) is 184 Å². The molecule has 0 rings (SSSR count). The van der Waals surface area contributed by atoms with E-state index in [9.17, 15) is 0 Å². The number of likely N-dealkylation sites (N-methyl/N-ethyl adjacent to an activating group) is 1. The summed E-state index contributed by atoms with van der Waals surface area (Å²) in [5.74, 6) is 0. The first kappa shape index (κ1) is 43.5. The highest BCUT2D eigenvalue weighted by Gasteiger charge is 1.97. The van der Waals surface area contributed by atoms with Crippen LogP contribution in [0.25, 0.3) is 0 Å². The standard InChI is InChI=1S/C31H65NO12/c1-4-5-6-8-33-10-12-35-14-16-37-18-20-39-22-24-41-26-28-43-30-31-44-29-27-42-25-23-40-21-19-38-17-15-36-13-11-34-9-7-32(2)3/h4-31H2,1-3H3. The van der Waals surface area contributed by atoms with E-state index in [2.05, 4.69) is 11.8 Å². The molecule has 0 saturated heterocycles. The summed E-state index contributed by atoms with van der Waals surface area (Å²) in [5, 5.41) is 0. The summed E-state index contributed by atoms with van der Waals surface area (Å²) < 4.78 is 65.7. The lowest BCUT2D eigenvalue weighted by Gasteiger charge is -2.10. The first-order chi connectivity index (χ1) is 21.8. The Hall–Kier alpha value is -0.520. The Balaban J connectivity index is 3.03. The summed E-state index contributed by atoms with van der Waals surface area (Å²) in [4.78, 5) is 2.08. The van der Waals surface area contributed by atoms with Gasteiger partial charge in [0.05, 0.1) is 152 Å². The molecular weight excluding hydrogens is 578 g/mol. The van der Waals surface area contributed by atoms with E-state index in [1.807, 2.05) is 14.1 Å². The van der Waals surface area contributed by atoms with Crippen molar-refractivity contribution in [3.05, 3.63) is 0 Å². The van der Waals surface area contributed by atoms with Crippen molar-refractivity contribution >= 4 is 0 Å². The molecule has 0 amide bonds. The molecule has 0 atom stereocenters. The second-order valence-corrected chi connectivity index (χ2v) is 9.86. The van der Waals surface area contributed by atoms with Gasteiger partial charge in [-0.2, -0.15) is 0 Å². The van der Waals surface area contributed by atoms with Gasteiger partial charge in [-0.25, -0.2) is 0 Å². The molecule has 0 spiro atoms. The molecule has 0 aliphatic rings. The molecule has 0 aliphatic heterocycles. The van der Waals surface area contributed by atoms with E-state index in [0.29, 0.717) is 145 Å². The third kappa shape index (κ3) is 41.5. The molecule has 0 heterocycles. The van der Waals surface area contributed by atoms with Crippen LogP contribution in [0.4, 0.5) is 0 Å². The van der Waals surface area contributed by atoms with Crippen molar-refractivity contribution in [1.82, 2.24) is 4.90 Å². The Bertz CT molecular complexity index is 508.